The van der Waals surface area contributed by atoms with Crippen molar-refractivity contribution in [1.82, 2.24) is 0 Å². The van der Waals surface area contributed by atoms with E-state index in [0.717, 1.165) is 54.7 Å². The van der Waals surface area contributed by atoms with Gasteiger partial charge in [0.2, 0.25) is 0 Å². The fraction of sp³-hybridized carbons (Fsp3) is 0.571. The van der Waals surface area contributed by atoms with E-state index >= 15 is 0 Å². The number of hydrogen-bond acceptors (Lipinski definition) is 3. The molecule has 1 aromatic rings. The third-order valence-corrected chi connectivity index (χ3v) is 3.97. The molecule has 0 spiro atoms. The smallest absolute Gasteiger partial charge is 0.0642 e. The van der Waals surface area contributed by atoms with E-state index in [-0.39, 0.29) is 0 Å². The molecule has 0 aliphatic carbocycles. The third-order valence-electron chi connectivity index (χ3n) is 3.64. The maximum atomic E-state index is 6.38. The molecule has 0 bridgehead atoms. The molecule has 0 saturated carbocycles. The number of ether oxygens (including phenoxy) is 1. The Morgan fingerprint density at radius 2 is 2.06 bits per heavy atom. The summed E-state index contributed by atoms with van der Waals surface area (Å²) in [5, 5.41) is 0.819. The minimum absolute atomic E-state index is 0.443. The van der Waals surface area contributed by atoms with E-state index in [1.807, 2.05) is 12.1 Å². The Morgan fingerprint density at radius 1 is 1.39 bits per heavy atom. The van der Waals surface area contributed by atoms with E-state index in [1.54, 1.807) is 0 Å². The lowest BCUT2D eigenvalue weighted by atomic mass is 9.97. The van der Waals surface area contributed by atoms with Crippen LogP contribution in [-0.4, -0.2) is 26.3 Å². The van der Waals surface area contributed by atoms with Crippen LogP contribution < -0.4 is 10.6 Å². The van der Waals surface area contributed by atoms with Crippen LogP contribution in [0.2, 0.25) is 5.02 Å². The van der Waals surface area contributed by atoms with Gasteiger partial charge in [0.25, 0.3) is 0 Å². The Morgan fingerprint density at radius 3 is 2.67 bits per heavy atom. The summed E-state index contributed by atoms with van der Waals surface area (Å²) < 4.78 is 5.36. The predicted molar refractivity (Wildman–Crippen MR) is 77.6 cm³/mol. The Labute approximate surface area is 114 Å². The molecular formula is C14H21ClN2O. The molecular weight excluding hydrogens is 248 g/mol. The van der Waals surface area contributed by atoms with Gasteiger partial charge < -0.3 is 15.4 Å². The van der Waals surface area contributed by atoms with Crippen LogP contribution in [0.4, 0.5) is 11.4 Å². The second-order valence-corrected chi connectivity index (χ2v) is 5.25. The van der Waals surface area contributed by atoms with Gasteiger partial charge in [-0.05, 0) is 30.0 Å². The highest BCUT2D eigenvalue weighted by Gasteiger charge is 2.17. The van der Waals surface area contributed by atoms with Crippen molar-refractivity contribution in [2.24, 2.45) is 0 Å². The number of benzene rings is 1. The average molecular weight is 269 g/mol. The lowest BCUT2D eigenvalue weighted by molar-refractivity contribution is 0.123. The molecule has 1 fully saturated rings. The van der Waals surface area contributed by atoms with Gasteiger partial charge in [-0.1, -0.05) is 25.4 Å². The van der Waals surface area contributed by atoms with Gasteiger partial charge in [-0.3, -0.25) is 0 Å². The van der Waals surface area contributed by atoms with Crippen LogP contribution in [0.3, 0.4) is 0 Å². The Balaban J connectivity index is 2.30. The van der Waals surface area contributed by atoms with E-state index in [1.165, 1.54) is 0 Å². The van der Waals surface area contributed by atoms with Crippen molar-refractivity contribution < 1.29 is 4.74 Å². The lowest BCUT2D eigenvalue weighted by Crippen LogP contribution is -2.36. The highest BCUT2D eigenvalue weighted by molar-refractivity contribution is 6.32. The zero-order valence-electron chi connectivity index (χ0n) is 11.1. The largest absolute Gasteiger partial charge is 0.397 e. The first-order chi connectivity index (χ1) is 8.63. The molecule has 0 aromatic heterocycles. The number of nitrogens with two attached hydrogens (primary N) is 1. The fourth-order valence-electron chi connectivity index (χ4n) is 2.27. The summed E-state index contributed by atoms with van der Waals surface area (Å²) in [6.07, 6.45) is 1.07. The van der Waals surface area contributed by atoms with Crippen molar-refractivity contribution in [3.8, 4) is 0 Å². The summed E-state index contributed by atoms with van der Waals surface area (Å²) in [7, 11) is 0. The molecule has 1 aromatic carbocycles. The fourth-order valence-corrected chi connectivity index (χ4v) is 2.62. The van der Waals surface area contributed by atoms with Crippen LogP contribution in [0, 0.1) is 0 Å². The number of morpholine rings is 1. The van der Waals surface area contributed by atoms with Crippen molar-refractivity contribution in [2.45, 2.75) is 26.2 Å². The van der Waals surface area contributed by atoms with Crippen LogP contribution in [0.1, 0.15) is 31.7 Å². The molecule has 0 radical (unpaired) electrons. The van der Waals surface area contributed by atoms with Gasteiger partial charge in [0, 0.05) is 18.1 Å². The van der Waals surface area contributed by atoms with Crippen LogP contribution >= 0.6 is 11.6 Å². The average Bonchev–Trinajstić information content (AvgIpc) is 2.41. The van der Waals surface area contributed by atoms with Gasteiger partial charge in [-0.2, -0.15) is 0 Å². The molecule has 2 rings (SSSR count). The molecule has 4 heteroatoms. The number of anilines is 2. The van der Waals surface area contributed by atoms with Crippen LogP contribution in [0.15, 0.2) is 12.1 Å². The number of nitrogen functional groups attached to an aromatic ring is 1. The monoisotopic (exact) mass is 268 g/mol. The standard InChI is InChI=1S/C14H21ClN2O/c1-3-10(2)11-8-13(16)14(9-12(11)15)17-4-6-18-7-5-17/h8-10H,3-7,16H2,1-2H3. The molecule has 18 heavy (non-hydrogen) atoms. The normalized spacial score (nSPS) is 17.8. The van der Waals surface area contributed by atoms with E-state index in [9.17, 15) is 0 Å². The van der Waals surface area contributed by atoms with Crippen LogP contribution in [0.5, 0.6) is 0 Å². The Bertz CT molecular complexity index is 417. The molecule has 1 atom stereocenters. The summed E-state index contributed by atoms with van der Waals surface area (Å²) in [6.45, 7) is 7.60. The maximum Gasteiger partial charge on any atom is 0.0642 e. The van der Waals surface area contributed by atoms with E-state index in [0.29, 0.717) is 5.92 Å². The van der Waals surface area contributed by atoms with Gasteiger partial charge in [0.1, 0.15) is 0 Å². The molecule has 1 aliphatic heterocycles. The number of halogens is 1. The second-order valence-electron chi connectivity index (χ2n) is 4.84. The lowest BCUT2D eigenvalue weighted by Gasteiger charge is -2.30. The van der Waals surface area contributed by atoms with Gasteiger partial charge in [-0.15, -0.1) is 0 Å². The quantitative estimate of drug-likeness (QED) is 0.855. The molecule has 100 valence electrons. The van der Waals surface area contributed by atoms with Crippen molar-refractivity contribution >= 4 is 23.0 Å². The highest BCUT2D eigenvalue weighted by Crippen LogP contribution is 2.35. The first-order valence-corrected chi connectivity index (χ1v) is 6.93. The second kappa shape index (κ2) is 5.81. The highest BCUT2D eigenvalue weighted by atomic mass is 35.5. The SMILES string of the molecule is CCC(C)c1cc(N)c(N2CCOCC2)cc1Cl. The topological polar surface area (TPSA) is 38.5 Å². The third kappa shape index (κ3) is 2.73. The van der Waals surface area contributed by atoms with Crippen molar-refractivity contribution in [3.05, 3.63) is 22.7 Å². The van der Waals surface area contributed by atoms with E-state index < -0.39 is 0 Å². The van der Waals surface area contributed by atoms with Gasteiger partial charge in [0.05, 0.1) is 24.6 Å². The van der Waals surface area contributed by atoms with Gasteiger partial charge >= 0.3 is 0 Å². The van der Waals surface area contributed by atoms with Crippen LogP contribution in [-0.2, 0) is 4.74 Å². The van der Waals surface area contributed by atoms with Gasteiger partial charge in [0.15, 0.2) is 0 Å². The van der Waals surface area contributed by atoms with Crippen molar-refractivity contribution in [3.63, 3.8) is 0 Å². The van der Waals surface area contributed by atoms with Crippen molar-refractivity contribution in [2.75, 3.05) is 36.9 Å². The molecule has 1 saturated heterocycles. The Kier molecular flexibility index (Phi) is 4.36. The minimum Gasteiger partial charge on any atom is -0.397 e. The van der Waals surface area contributed by atoms with E-state index in [4.69, 9.17) is 22.1 Å². The molecule has 2 N–H and O–H groups in total. The summed E-state index contributed by atoms with van der Waals surface area (Å²) in [5.41, 5.74) is 9.17. The number of nitrogens with zero attached hydrogens (tertiary/aromatic N) is 1. The number of rotatable bonds is 3. The molecule has 1 heterocycles. The zero-order chi connectivity index (χ0) is 13.1. The molecule has 0 amide bonds. The van der Waals surface area contributed by atoms with Crippen molar-refractivity contribution in [1.29, 1.82) is 0 Å². The maximum absolute atomic E-state index is 6.38. The first kappa shape index (κ1) is 13.5. The predicted octanol–water partition coefficient (Wildman–Crippen LogP) is 3.27. The van der Waals surface area contributed by atoms with E-state index in [2.05, 4.69) is 18.7 Å². The molecule has 1 unspecified atom stereocenters. The molecule has 3 nitrogen and oxygen atoms in total. The zero-order valence-corrected chi connectivity index (χ0v) is 11.8. The Hall–Kier alpha value is -0.930. The minimum atomic E-state index is 0.443. The summed E-state index contributed by atoms with van der Waals surface area (Å²) in [6, 6.07) is 4.03. The van der Waals surface area contributed by atoms with Gasteiger partial charge in [-0.25, -0.2) is 0 Å². The summed E-state index contributed by atoms with van der Waals surface area (Å²) >= 11 is 6.38. The van der Waals surface area contributed by atoms with Crippen LogP contribution in [0.25, 0.3) is 0 Å². The summed E-state index contributed by atoms with van der Waals surface area (Å²) in [5.74, 6) is 0.443. The number of hydrogen-bond donors (Lipinski definition) is 1. The summed E-state index contributed by atoms with van der Waals surface area (Å²) in [4.78, 5) is 2.24. The first-order valence-electron chi connectivity index (χ1n) is 6.55. The molecule has 1 aliphatic rings.